The number of hydrogen-bond acceptors (Lipinski definition) is 3. The molecule has 1 aromatic carbocycles. The van der Waals surface area contributed by atoms with Crippen LogP contribution >= 0.6 is 11.3 Å². The molecule has 0 aliphatic carbocycles. The van der Waals surface area contributed by atoms with Crippen LogP contribution in [-0.4, -0.2) is 22.0 Å². The van der Waals surface area contributed by atoms with Gasteiger partial charge in [-0.1, -0.05) is 31.2 Å². The van der Waals surface area contributed by atoms with Crippen LogP contribution in [0.25, 0.3) is 0 Å². The van der Waals surface area contributed by atoms with Gasteiger partial charge in [0, 0.05) is 22.8 Å². The highest BCUT2D eigenvalue weighted by Gasteiger charge is 2.31. The number of benzene rings is 1. The first-order valence-corrected chi connectivity index (χ1v) is 8.10. The third-order valence-corrected chi connectivity index (χ3v) is 5.27. The normalized spacial score (nSPS) is 18.4. The van der Waals surface area contributed by atoms with Gasteiger partial charge in [0.25, 0.3) is 0 Å². The first kappa shape index (κ1) is 14.3. The molecule has 2 heterocycles. The quantitative estimate of drug-likeness (QED) is 0.942. The van der Waals surface area contributed by atoms with Crippen molar-refractivity contribution in [3.05, 3.63) is 57.3 Å². The van der Waals surface area contributed by atoms with Crippen molar-refractivity contribution in [2.75, 3.05) is 0 Å². The number of hydrogen-bond donors (Lipinski definition) is 1. The molecule has 4 heteroatoms. The topological polar surface area (TPSA) is 40.5 Å². The summed E-state index contributed by atoms with van der Waals surface area (Å²) in [5.74, 6) is -0.725. The minimum Gasteiger partial charge on any atom is -0.480 e. The van der Waals surface area contributed by atoms with Crippen molar-refractivity contribution in [2.24, 2.45) is 0 Å². The molecule has 110 valence electrons. The molecule has 0 amide bonds. The summed E-state index contributed by atoms with van der Waals surface area (Å²) in [7, 11) is 0. The van der Waals surface area contributed by atoms with Gasteiger partial charge in [-0.3, -0.25) is 9.69 Å². The number of carboxylic acids is 1. The van der Waals surface area contributed by atoms with Crippen molar-refractivity contribution in [3.63, 3.8) is 0 Å². The number of aryl methyl sites for hydroxylation is 1. The molecule has 0 unspecified atom stereocenters. The summed E-state index contributed by atoms with van der Waals surface area (Å²) in [6, 6.07) is 12.0. The Balaban J connectivity index is 1.83. The fourth-order valence-electron chi connectivity index (χ4n) is 2.88. The number of aliphatic carboxylic acids is 1. The van der Waals surface area contributed by atoms with Crippen molar-refractivity contribution >= 4 is 17.3 Å². The Kier molecular flexibility index (Phi) is 4.08. The SMILES string of the molecule is CCc1ccc(CN2Cc3ccccc3C[C@H]2C(=O)O)s1. The number of fused-ring (bicyclic) bond motifs is 1. The van der Waals surface area contributed by atoms with Gasteiger partial charge in [-0.25, -0.2) is 0 Å². The van der Waals surface area contributed by atoms with E-state index in [-0.39, 0.29) is 0 Å². The highest BCUT2D eigenvalue weighted by atomic mass is 32.1. The first-order chi connectivity index (χ1) is 10.2. The van der Waals surface area contributed by atoms with E-state index in [9.17, 15) is 9.90 Å². The van der Waals surface area contributed by atoms with E-state index < -0.39 is 12.0 Å². The van der Waals surface area contributed by atoms with Gasteiger partial charge in [0.2, 0.25) is 0 Å². The zero-order valence-corrected chi connectivity index (χ0v) is 12.9. The van der Waals surface area contributed by atoms with Gasteiger partial charge < -0.3 is 5.11 Å². The average molecular weight is 301 g/mol. The van der Waals surface area contributed by atoms with Gasteiger partial charge in [-0.15, -0.1) is 11.3 Å². The molecule has 0 saturated heterocycles. The van der Waals surface area contributed by atoms with Gasteiger partial charge >= 0.3 is 5.97 Å². The minimum atomic E-state index is -0.725. The van der Waals surface area contributed by atoms with Crippen LogP contribution in [0, 0.1) is 0 Å². The van der Waals surface area contributed by atoms with Gasteiger partial charge in [0.05, 0.1) is 0 Å². The van der Waals surface area contributed by atoms with E-state index in [1.165, 1.54) is 20.9 Å². The highest BCUT2D eigenvalue weighted by molar-refractivity contribution is 7.11. The van der Waals surface area contributed by atoms with Crippen molar-refractivity contribution in [3.8, 4) is 0 Å². The molecule has 3 nitrogen and oxygen atoms in total. The maximum Gasteiger partial charge on any atom is 0.321 e. The van der Waals surface area contributed by atoms with E-state index in [1.54, 1.807) is 11.3 Å². The first-order valence-electron chi connectivity index (χ1n) is 7.28. The summed E-state index contributed by atoms with van der Waals surface area (Å²) in [5.41, 5.74) is 2.42. The zero-order chi connectivity index (χ0) is 14.8. The summed E-state index contributed by atoms with van der Waals surface area (Å²) in [6.45, 7) is 3.58. The van der Waals surface area contributed by atoms with Crippen molar-refractivity contribution in [1.29, 1.82) is 0 Å². The number of carboxylic acid groups (broad SMARTS) is 1. The Morgan fingerprint density at radius 1 is 1.24 bits per heavy atom. The van der Waals surface area contributed by atoms with E-state index in [0.29, 0.717) is 13.0 Å². The molecule has 1 aliphatic heterocycles. The van der Waals surface area contributed by atoms with Gasteiger partial charge in [-0.2, -0.15) is 0 Å². The summed E-state index contributed by atoms with van der Waals surface area (Å²) in [6.07, 6.45) is 1.63. The predicted molar refractivity (Wildman–Crippen MR) is 84.5 cm³/mol. The number of thiophene rings is 1. The number of nitrogens with zero attached hydrogens (tertiary/aromatic N) is 1. The van der Waals surface area contributed by atoms with Crippen LogP contribution in [0.4, 0.5) is 0 Å². The second-order valence-corrected chi connectivity index (χ2v) is 6.71. The second kappa shape index (κ2) is 6.00. The molecule has 0 radical (unpaired) electrons. The Bertz CT molecular complexity index is 650. The molecule has 1 aliphatic rings. The molecule has 2 aromatic rings. The molecule has 21 heavy (non-hydrogen) atoms. The highest BCUT2D eigenvalue weighted by Crippen LogP contribution is 2.27. The lowest BCUT2D eigenvalue weighted by molar-refractivity contribution is -0.144. The Morgan fingerprint density at radius 2 is 1.95 bits per heavy atom. The van der Waals surface area contributed by atoms with Crippen molar-refractivity contribution < 1.29 is 9.90 Å². The predicted octanol–water partition coefficient (Wildman–Crippen LogP) is 3.32. The minimum absolute atomic E-state index is 0.424. The number of rotatable bonds is 4. The van der Waals surface area contributed by atoms with E-state index in [1.807, 2.05) is 18.2 Å². The lowest BCUT2D eigenvalue weighted by Crippen LogP contribution is -2.44. The lowest BCUT2D eigenvalue weighted by Gasteiger charge is -2.34. The second-order valence-electron chi connectivity index (χ2n) is 5.45. The van der Waals surface area contributed by atoms with Gasteiger partial charge in [0.1, 0.15) is 6.04 Å². The van der Waals surface area contributed by atoms with E-state index in [4.69, 9.17) is 0 Å². The fraction of sp³-hybridized carbons (Fsp3) is 0.353. The Hall–Kier alpha value is -1.65. The van der Waals surface area contributed by atoms with Crippen LogP contribution in [0.2, 0.25) is 0 Å². The van der Waals surface area contributed by atoms with Crippen LogP contribution in [-0.2, 0) is 30.7 Å². The molecule has 0 spiro atoms. The van der Waals surface area contributed by atoms with Crippen LogP contribution in [0.3, 0.4) is 0 Å². The molecule has 1 aromatic heterocycles. The number of carbonyl (C=O) groups is 1. The van der Waals surface area contributed by atoms with Gasteiger partial charge in [0.15, 0.2) is 0 Å². The molecule has 1 N–H and O–H groups in total. The van der Waals surface area contributed by atoms with Crippen molar-refractivity contribution in [2.45, 2.75) is 38.9 Å². The average Bonchev–Trinajstić information content (AvgIpc) is 2.94. The fourth-order valence-corrected chi connectivity index (χ4v) is 3.87. The molecule has 0 saturated carbocycles. The van der Waals surface area contributed by atoms with E-state index >= 15 is 0 Å². The summed E-state index contributed by atoms with van der Waals surface area (Å²) >= 11 is 1.79. The molecule has 1 atom stereocenters. The zero-order valence-electron chi connectivity index (χ0n) is 12.1. The van der Waals surface area contributed by atoms with Gasteiger partial charge in [-0.05, 0) is 36.1 Å². The van der Waals surface area contributed by atoms with E-state index in [2.05, 4.69) is 30.0 Å². The summed E-state index contributed by atoms with van der Waals surface area (Å²) in [5, 5.41) is 9.53. The molecule has 0 bridgehead atoms. The molecule has 3 rings (SSSR count). The van der Waals surface area contributed by atoms with E-state index in [0.717, 1.165) is 13.0 Å². The molecular formula is C17H19NO2S. The third-order valence-electron chi connectivity index (χ3n) is 4.06. The van der Waals surface area contributed by atoms with Crippen LogP contribution in [0.1, 0.15) is 27.8 Å². The summed E-state index contributed by atoms with van der Waals surface area (Å²) < 4.78 is 0. The Labute approximate surface area is 128 Å². The standard InChI is InChI=1S/C17H19NO2S/c1-2-14-7-8-15(21-14)11-18-10-13-6-4-3-5-12(13)9-16(18)17(19)20/h3-8,16H,2,9-11H2,1H3,(H,19,20)/t16-/m0/s1. The monoisotopic (exact) mass is 301 g/mol. The Morgan fingerprint density at radius 3 is 2.62 bits per heavy atom. The lowest BCUT2D eigenvalue weighted by atomic mass is 9.94. The van der Waals surface area contributed by atoms with Crippen LogP contribution in [0.15, 0.2) is 36.4 Å². The largest absolute Gasteiger partial charge is 0.480 e. The maximum atomic E-state index is 11.6. The third kappa shape index (κ3) is 3.01. The van der Waals surface area contributed by atoms with Crippen molar-refractivity contribution in [1.82, 2.24) is 4.90 Å². The maximum absolute atomic E-state index is 11.6. The van der Waals surface area contributed by atoms with Crippen LogP contribution in [0.5, 0.6) is 0 Å². The smallest absolute Gasteiger partial charge is 0.321 e. The van der Waals surface area contributed by atoms with Crippen LogP contribution < -0.4 is 0 Å². The summed E-state index contributed by atoms with van der Waals surface area (Å²) in [4.78, 5) is 16.3. The molecule has 0 fully saturated rings. The molecular weight excluding hydrogens is 282 g/mol.